The van der Waals surface area contributed by atoms with Crippen LogP contribution in [0.25, 0.3) is 16.8 Å². The van der Waals surface area contributed by atoms with E-state index in [1.807, 2.05) is 23.0 Å². The number of piperazine rings is 1. The lowest BCUT2D eigenvalue weighted by Crippen LogP contribution is -2.49. The number of pyridine rings is 1. The highest BCUT2D eigenvalue weighted by atomic mass is 19.1. The van der Waals surface area contributed by atoms with Gasteiger partial charge in [-0.3, -0.25) is 4.98 Å². The number of piperidine rings is 1. The molecule has 0 spiro atoms. The number of hydrogen-bond donors (Lipinski definition) is 0. The van der Waals surface area contributed by atoms with E-state index in [1.54, 1.807) is 11.1 Å². The van der Waals surface area contributed by atoms with Crippen LogP contribution in [-0.2, 0) is 15.1 Å². The fourth-order valence-corrected chi connectivity index (χ4v) is 5.84. The summed E-state index contributed by atoms with van der Waals surface area (Å²) in [6.07, 6.45) is 6.08. The van der Waals surface area contributed by atoms with Gasteiger partial charge in [0.25, 0.3) is 0 Å². The first-order chi connectivity index (χ1) is 19.3. The highest BCUT2D eigenvalue weighted by Gasteiger charge is 2.37. The van der Waals surface area contributed by atoms with Crippen LogP contribution < -0.4 is 4.90 Å². The molecule has 216 valence electrons. The van der Waals surface area contributed by atoms with Crippen LogP contribution in [0.2, 0.25) is 0 Å². The molecule has 0 unspecified atom stereocenters. The number of nitrogens with zero attached hydrogens (tertiary/aromatic N) is 6. The van der Waals surface area contributed by atoms with Crippen molar-refractivity contribution in [2.24, 2.45) is 0 Å². The minimum absolute atomic E-state index is 0.213. The minimum atomic E-state index is -1.17. The first-order valence-corrected chi connectivity index (χ1v) is 14.4. The molecule has 5 rings (SSSR count). The molecule has 3 aromatic rings. The second-order valence-electron chi connectivity index (χ2n) is 11.1. The number of fused-ring (bicyclic) bond motifs is 1. The molecule has 0 saturated carbocycles. The predicted molar refractivity (Wildman–Crippen MR) is 153 cm³/mol. The Hall–Kier alpha value is -3.24. The van der Waals surface area contributed by atoms with Crippen LogP contribution in [0.1, 0.15) is 46.1 Å². The Morgan fingerprint density at radius 3 is 2.45 bits per heavy atom. The molecule has 5 heterocycles. The monoisotopic (exact) mass is 552 g/mol. The van der Waals surface area contributed by atoms with Crippen molar-refractivity contribution in [2.45, 2.75) is 58.4 Å². The molecule has 2 fully saturated rings. The summed E-state index contributed by atoms with van der Waals surface area (Å²) in [5.41, 5.74) is 4.77. The Kier molecular flexibility index (Phi) is 8.56. The molecule has 1 amide bonds. The number of hydrogen-bond acceptors (Lipinski definition) is 7. The summed E-state index contributed by atoms with van der Waals surface area (Å²) in [5.74, 6) is 0. The lowest BCUT2D eigenvalue weighted by atomic mass is 9.84. The number of ether oxygens (including phenoxy) is 2. The van der Waals surface area contributed by atoms with Gasteiger partial charge in [-0.1, -0.05) is 6.07 Å². The van der Waals surface area contributed by atoms with Crippen molar-refractivity contribution in [3.63, 3.8) is 0 Å². The number of carbonyl (C=O) groups excluding carboxylic acids is 1. The first-order valence-electron chi connectivity index (χ1n) is 14.4. The Balaban J connectivity index is 1.30. The van der Waals surface area contributed by atoms with E-state index in [1.165, 1.54) is 6.92 Å². The second kappa shape index (κ2) is 12.1. The Morgan fingerprint density at radius 2 is 1.82 bits per heavy atom. The van der Waals surface area contributed by atoms with E-state index in [4.69, 9.17) is 14.5 Å². The molecule has 0 aromatic carbocycles. The molecule has 0 N–H and O–H groups in total. The topological polar surface area (TPSA) is 75.4 Å². The number of anilines is 1. The van der Waals surface area contributed by atoms with Gasteiger partial charge in [-0.15, -0.1) is 0 Å². The van der Waals surface area contributed by atoms with Gasteiger partial charge in [0.05, 0.1) is 22.5 Å². The van der Waals surface area contributed by atoms with E-state index in [9.17, 15) is 9.18 Å². The van der Waals surface area contributed by atoms with Gasteiger partial charge >= 0.3 is 6.09 Å². The third-order valence-electron chi connectivity index (χ3n) is 8.14. The van der Waals surface area contributed by atoms with Gasteiger partial charge in [-0.25, -0.2) is 13.7 Å². The van der Waals surface area contributed by atoms with Gasteiger partial charge in [-0.05, 0) is 58.7 Å². The van der Waals surface area contributed by atoms with E-state index >= 15 is 0 Å². The zero-order chi connectivity index (χ0) is 28.3. The van der Waals surface area contributed by atoms with E-state index < -0.39 is 12.3 Å². The molecule has 0 bridgehead atoms. The maximum absolute atomic E-state index is 13.1. The maximum atomic E-state index is 13.1. The third kappa shape index (κ3) is 5.93. The number of carbonyl (C=O) groups is 1. The van der Waals surface area contributed by atoms with E-state index in [-0.39, 0.29) is 12.2 Å². The number of aromatic nitrogens is 3. The van der Waals surface area contributed by atoms with Crippen LogP contribution >= 0.6 is 0 Å². The van der Waals surface area contributed by atoms with E-state index in [0.717, 1.165) is 54.0 Å². The van der Waals surface area contributed by atoms with Crippen LogP contribution in [0, 0.1) is 0 Å². The minimum Gasteiger partial charge on any atom is -0.446 e. The molecular weight excluding hydrogens is 511 g/mol. The highest BCUT2D eigenvalue weighted by Crippen LogP contribution is 2.38. The van der Waals surface area contributed by atoms with Crippen LogP contribution in [0.5, 0.6) is 0 Å². The van der Waals surface area contributed by atoms with E-state index in [0.29, 0.717) is 38.8 Å². The summed E-state index contributed by atoms with van der Waals surface area (Å²) in [6.45, 7) is 12.8. The molecule has 2 aliphatic heterocycles. The highest BCUT2D eigenvalue weighted by molar-refractivity contribution is 5.79. The molecule has 40 heavy (non-hydrogen) atoms. The summed E-state index contributed by atoms with van der Waals surface area (Å²) in [7, 11) is 0. The third-order valence-corrected chi connectivity index (χ3v) is 8.14. The number of halogens is 1. The molecular formula is C30H41FN6O3. The Labute approximate surface area is 235 Å². The molecule has 1 atom stereocenters. The van der Waals surface area contributed by atoms with Crippen molar-refractivity contribution in [3.05, 3.63) is 48.4 Å². The smallest absolute Gasteiger partial charge is 0.409 e. The van der Waals surface area contributed by atoms with Crippen LogP contribution in [0.3, 0.4) is 0 Å². The summed E-state index contributed by atoms with van der Waals surface area (Å²) < 4.78 is 26.4. The molecule has 9 nitrogen and oxygen atoms in total. The molecule has 10 heteroatoms. The Morgan fingerprint density at radius 1 is 1.07 bits per heavy atom. The maximum Gasteiger partial charge on any atom is 0.409 e. The van der Waals surface area contributed by atoms with Crippen molar-refractivity contribution in [1.82, 2.24) is 24.4 Å². The van der Waals surface area contributed by atoms with Crippen LogP contribution in [0.4, 0.5) is 14.9 Å². The van der Waals surface area contributed by atoms with Gasteiger partial charge in [0.2, 0.25) is 0 Å². The summed E-state index contributed by atoms with van der Waals surface area (Å²) in [6, 6.07) is 8.92. The van der Waals surface area contributed by atoms with Gasteiger partial charge in [0.15, 0.2) is 0 Å². The van der Waals surface area contributed by atoms with Gasteiger partial charge in [-0.2, -0.15) is 5.10 Å². The number of likely N-dealkylation sites (tertiary alicyclic amines) is 1. The summed E-state index contributed by atoms with van der Waals surface area (Å²) >= 11 is 0. The summed E-state index contributed by atoms with van der Waals surface area (Å²) in [4.78, 5) is 23.5. The number of amides is 1. The fourth-order valence-electron chi connectivity index (χ4n) is 5.84. The molecule has 2 aliphatic rings. The first kappa shape index (κ1) is 28.3. The zero-order valence-electron chi connectivity index (χ0n) is 24.1. The largest absolute Gasteiger partial charge is 0.446 e. The standard InChI is InChI=1S/C30H41FN6O3/c1-5-40-30(9-12-34(13-10-30)22(2)3)25-6-7-26(32-19-25)24-18-28-27(8-11-33-37(28)20-24)35-14-16-36(17-15-35)29(38)39-21-23(4)31/h6-8,11,18-20,22-23H,5,9-10,12-17,21H2,1-4H3/t23-/m1/s1. The average molecular weight is 553 g/mol. The van der Waals surface area contributed by atoms with Crippen molar-refractivity contribution in [1.29, 1.82) is 0 Å². The lowest BCUT2D eigenvalue weighted by molar-refractivity contribution is -0.0888. The number of rotatable bonds is 8. The molecule has 0 radical (unpaired) electrons. The van der Waals surface area contributed by atoms with Gasteiger partial charge in [0.1, 0.15) is 12.8 Å². The van der Waals surface area contributed by atoms with Gasteiger partial charge < -0.3 is 24.2 Å². The fraction of sp³-hybridized carbons (Fsp3) is 0.567. The van der Waals surface area contributed by atoms with Crippen molar-refractivity contribution in [3.8, 4) is 11.3 Å². The SMILES string of the molecule is CCOC1(c2ccc(-c3cc4c(N5CCN(C(=O)OC[C@@H](C)F)CC5)ccnn4c3)nc2)CCN(C(C)C)CC1. The predicted octanol–water partition coefficient (Wildman–Crippen LogP) is 4.75. The van der Waals surface area contributed by atoms with Crippen LogP contribution in [0.15, 0.2) is 42.9 Å². The van der Waals surface area contributed by atoms with Crippen molar-refractivity contribution < 1.29 is 18.7 Å². The van der Waals surface area contributed by atoms with Crippen molar-refractivity contribution in [2.75, 3.05) is 57.4 Å². The van der Waals surface area contributed by atoms with Crippen LogP contribution in [-0.4, -0.2) is 95.2 Å². The van der Waals surface area contributed by atoms with Gasteiger partial charge in [0, 0.05) is 81.6 Å². The molecule has 2 saturated heterocycles. The summed E-state index contributed by atoms with van der Waals surface area (Å²) in [5, 5.41) is 4.53. The average Bonchev–Trinajstić information content (AvgIpc) is 3.41. The zero-order valence-corrected chi connectivity index (χ0v) is 24.1. The second-order valence-corrected chi connectivity index (χ2v) is 11.1. The number of alkyl halides is 1. The molecule has 0 aliphatic carbocycles. The quantitative estimate of drug-likeness (QED) is 0.399. The Bertz CT molecular complexity index is 1280. The van der Waals surface area contributed by atoms with Crippen molar-refractivity contribution >= 4 is 17.3 Å². The molecule has 3 aromatic heterocycles. The van der Waals surface area contributed by atoms with E-state index in [2.05, 4.69) is 53.9 Å². The lowest BCUT2D eigenvalue weighted by Gasteiger charge is -2.43. The normalized spacial score (nSPS) is 18.9.